The zero-order chi connectivity index (χ0) is 12.5. The lowest BCUT2D eigenvalue weighted by atomic mass is 10.00. The van der Waals surface area contributed by atoms with E-state index in [1.54, 1.807) is 0 Å². The monoisotopic (exact) mass is 256 g/mol. The Bertz CT molecular complexity index is 494. The topological polar surface area (TPSA) is 132 Å². The molecule has 0 amide bonds. The van der Waals surface area contributed by atoms with Gasteiger partial charge in [0.1, 0.15) is 11.3 Å². The maximum Gasteiger partial charge on any atom is 0.340 e. The molecule has 0 aliphatic rings. The number of aromatic hydroxyl groups is 1. The average molecular weight is 256 g/mol. The van der Waals surface area contributed by atoms with E-state index < -0.39 is 40.3 Å². The van der Waals surface area contributed by atoms with E-state index in [0.717, 1.165) is 12.1 Å². The molecule has 0 unspecified atom stereocenters. The SMILES string of the molecule is O=C(O)c1ccc(O)c(C(=O)O)c1C(=O)O.[AlH3]. The van der Waals surface area contributed by atoms with Crippen molar-refractivity contribution in [1.29, 1.82) is 0 Å². The molecule has 1 rings (SSSR count). The predicted octanol–water partition coefficient (Wildman–Crippen LogP) is -0.697. The molecule has 0 heterocycles. The third kappa shape index (κ3) is 2.75. The van der Waals surface area contributed by atoms with Gasteiger partial charge in [-0.25, -0.2) is 14.4 Å². The third-order valence-corrected chi connectivity index (χ3v) is 1.84. The number of carbonyl (C=O) groups is 3. The quantitative estimate of drug-likeness (QED) is 0.526. The zero-order valence-electron chi connectivity index (χ0n) is 7.67. The second kappa shape index (κ2) is 5.34. The van der Waals surface area contributed by atoms with E-state index >= 15 is 0 Å². The molecule has 0 saturated heterocycles. The molecule has 17 heavy (non-hydrogen) atoms. The molecule has 0 saturated carbocycles. The highest BCUT2D eigenvalue weighted by Crippen LogP contribution is 2.24. The Balaban J connectivity index is 0.00000256. The van der Waals surface area contributed by atoms with E-state index in [9.17, 15) is 19.5 Å². The van der Waals surface area contributed by atoms with Gasteiger partial charge >= 0.3 is 17.9 Å². The maximum absolute atomic E-state index is 10.8. The van der Waals surface area contributed by atoms with Gasteiger partial charge in [-0.15, -0.1) is 0 Å². The molecule has 0 aliphatic carbocycles. The minimum atomic E-state index is -1.73. The molecule has 0 fully saturated rings. The Labute approximate surface area is 105 Å². The maximum atomic E-state index is 10.8. The van der Waals surface area contributed by atoms with Gasteiger partial charge in [0.15, 0.2) is 17.4 Å². The average Bonchev–Trinajstić information content (AvgIpc) is 2.15. The first-order valence-corrected chi connectivity index (χ1v) is 3.92. The Hall–Kier alpha value is -2.04. The molecule has 1 aromatic rings. The fourth-order valence-corrected chi connectivity index (χ4v) is 1.21. The molecule has 0 spiro atoms. The van der Waals surface area contributed by atoms with E-state index in [0.29, 0.717) is 0 Å². The molecular weight excluding hydrogens is 247 g/mol. The van der Waals surface area contributed by atoms with E-state index in [4.69, 9.17) is 15.3 Å². The third-order valence-electron chi connectivity index (χ3n) is 1.84. The van der Waals surface area contributed by atoms with Crippen LogP contribution in [0.4, 0.5) is 0 Å². The van der Waals surface area contributed by atoms with Crippen molar-refractivity contribution in [2.75, 3.05) is 0 Å². The minimum absolute atomic E-state index is 0. The highest BCUT2D eigenvalue weighted by molar-refractivity contribution is 6.10. The van der Waals surface area contributed by atoms with Crippen LogP contribution >= 0.6 is 0 Å². The summed E-state index contributed by atoms with van der Waals surface area (Å²) in [5.74, 6) is -5.82. The lowest BCUT2D eigenvalue weighted by Gasteiger charge is -2.07. The number of hydrogen-bond acceptors (Lipinski definition) is 4. The van der Waals surface area contributed by atoms with Crippen LogP contribution in [-0.4, -0.2) is 55.7 Å². The number of carboxylic acid groups (broad SMARTS) is 3. The molecular formula is C9H9AlO7. The molecule has 0 radical (unpaired) electrons. The van der Waals surface area contributed by atoms with Crippen molar-refractivity contribution in [3.05, 3.63) is 28.8 Å². The first-order chi connectivity index (χ1) is 7.36. The van der Waals surface area contributed by atoms with E-state index in [1.165, 1.54) is 0 Å². The second-order valence-electron chi connectivity index (χ2n) is 2.80. The van der Waals surface area contributed by atoms with Crippen LogP contribution < -0.4 is 0 Å². The second-order valence-corrected chi connectivity index (χ2v) is 2.80. The number of phenols is 1. The molecule has 1 aromatic carbocycles. The number of benzene rings is 1. The summed E-state index contributed by atoms with van der Waals surface area (Å²) in [6.45, 7) is 0. The number of hydrogen-bond donors (Lipinski definition) is 4. The lowest BCUT2D eigenvalue weighted by Crippen LogP contribution is -2.14. The van der Waals surface area contributed by atoms with Gasteiger partial charge in [0, 0.05) is 0 Å². The highest BCUT2D eigenvalue weighted by atomic mass is 27.0. The van der Waals surface area contributed by atoms with Gasteiger partial charge in [0.2, 0.25) is 0 Å². The summed E-state index contributed by atoms with van der Waals surface area (Å²) >= 11 is 0. The lowest BCUT2D eigenvalue weighted by molar-refractivity contribution is 0.0631. The fraction of sp³-hybridized carbons (Fsp3) is 0. The van der Waals surface area contributed by atoms with Crippen molar-refractivity contribution in [2.24, 2.45) is 0 Å². The summed E-state index contributed by atoms with van der Waals surface area (Å²) < 4.78 is 0. The first-order valence-electron chi connectivity index (χ1n) is 3.92. The molecule has 0 bridgehead atoms. The van der Waals surface area contributed by atoms with Crippen molar-refractivity contribution >= 4 is 35.3 Å². The van der Waals surface area contributed by atoms with Gasteiger partial charge < -0.3 is 20.4 Å². The summed E-state index contributed by atoms with van der Waals surface area (Å²) in [5, 5.41) is 35.3. The Kier molecular flexibility index (Phi) is 4.70. The van der Waals surface area contributed by atoms with Crippen LogP contribution in [0.2, 0.25) is 0 Å². The van der Waals surface area contributed by atoms with Crippen LogP contribution in [0.15, 0.2) is 12.1 Å². The molecule has 4 N–H and O–H groups in total. The van der Waals surface area contributed by atoms with E-state index in [2.05, 4.69) is 0 Å². The molecule has 7 nitrogen and oxygen atoms in total. The Morgan fingerprint density at radius 1 is 0.824 bits per heavy atom. The van der Waals surface area contributed by atoms with E-state index in [1.807, 2.05) is 0 Å². The van der Waals surface area contributed by atoms with Crippen molar-refractivity contribution in [3.8, 4) is 5.75 Å². The zero-order valence-corrected chi connectivity index (χ0v) is 7.67. The van der Waals surface area contributed by atoms with Crippen LogP contribution in [-0.2, 0) is 0 Å². The standard InChI is InChI=1S/C9H6O7.Al.3H/c10-4-2-1-3(7(11)12)5(8(13)14)6(4)9(15)16;;;;/h1-2,10H,(H,11,12)(H,13,14)(H,15,16);;;;. The smallest absolute Gasteiger partial charge is 0.340 e. The molecule has 0 aromatic heterocycles. The van der Waals surface area contributed by atoms with Gasteiger partial charge in [-0.2, -0.15) is 0 Å². The molecule has 0 atom stereocenters. The van der Waals surface area contributed by atoms with Crippen molar-refractivity contribution in [1.82, 2.24) is 0 Å². The molecule has 0 aliphatic heterocycles. The fourth-order valence-electron chi connectivity index (χ4n) is 1.21. The van der Waals surface area contributed by atoms with Crippen LogP contribution in [0.1, 0.15) is 31.1 Å². The normalized spacial score (nSPS) is 9.18. The largest absolute Gasteiger partial charge is 0.507 e. The van der Waals surface area contributed by atoms with Crippen LogP contribution in [0, 0.1) is 0 Å². The number of aromatic carboxylic acids is 3. The van der Waals surface area contributed by atoms with Gasteiger partial charge in [0.25, 0.3) is 0 Å². The van der Waals surface area contributed by atoms with E-state index in [-0.39, 0.29) is 17.4 Å². The van der Waals surface area contributed by atoms with Crippen LogP contribution in [0.5, 0.6) is 5.75 Å². The van der Waals surface area contributed by atoms with Gasteiger partial charge in [-0.05, 0) is 12.1 Å². The number of rotatable bonds is 3. The summed E-state index contributed by atoms with van der Waals surface area (Å²) in [7, 11) is 0. The predicted molar refractivity (Wildman–Crippen MR) is 58.9 cm³/mol. The van der Waals surface area contributed by atoms with Gasteiger partial charge in [-0.1, -0.05) is 0 Å². The molecule has 8 heteroatoms. The van der Waals surface area contributed by atoms with Gasteiger partial charge in [0.05, 0.1) is 11.1 Å². The van der Waals surface area contributed by atoms with Gasteiger partial charge in [-0.3, -0.25) is 0 Å². The highest BCUT2D eigenvalue weighted by Gasteiger charge is 2.26. The van der Waals surface area contributed by atoms with Crippen molar-refractivity contribution in [3.63, 3.8) is 0 Å². The summed E-state index contributed by atoms with van der Waals surface area (Å²) in [5.41, 5.74) is -2.57. The minimum Gasteiger partial charge on any atom is -0.507 e. The Morgan fingerprint density at radius 2 is 1.29 bits per heavy atom. The molecule has 90 valence electrons. The number of carboxylic acids is 3. The van der Waals surface area contributed by atoms with Crippen molar-refractivity contribution < 1.29 is 34.8 Å². The summed E-state index contributed by atoms with van der Waals surface area (Å²) in [4.78, 5) is 32.1. The van der Waals surface area contributed by atoms with Crippen molar-refractivity contribution in [2.45, 2.75) is 0 Å². The van der Waals surface area contributed by atoms with Crippen LogP contribution in [0.25, 0.3) is 0 Å². The summed E-state index contributed by atoms with van der Waals surface area (Å²) in [6, 6.07) is 1.65. The Morgan fingerprint density at radius 3 is 1.65 bits per heavy atom. The van der Waals surface area contributed by atoms with Crippen LogP contribution in [0.3, 0.4) is 0 Å². The first kappa shape index (κ1) is 15.0. The summed E-state index contributed by atoms with van der Waals surface area (Å²) in [6.07, 6.45) is 0.